The maximum atomic E-state index is 13.1. The number of carbonyl (C=O) groups excluding carboxylic acids is 2. The van der Waals surface area contributed by atoms with Gasteiger partial charge in [0, 0.05) is 38.6 Å². The lowest BCUT2D eigenvalue weighted by molar-refractivity contribution is -0.142. The number of nitrogens with one attached hydrogen (secondary N) is 1. The van der Waals surface area contributed by atoms with Crippen molar-refractivity contribution in [2.75, 3.05) is 25.0 Å². The number of likely N-dealkylation sites (tertiary alicyclic amines) is 1. The molecular weight excluding hydrogens is 387 g/mol. The fourth-order valence-corrected chi connectivity index (χ4v) is 4.21. The Morgan fingerprint density at radius 3 is 2.60 bits per heavy atom. The predicted molar refractivity (Wildman–Crippen MR) is 110 cm³/mol. The van der Waals surface area contributed by atoms with Crippen molar-refractivity contribution in [1.82, 2.24) is 14.7 Å². The summed E-state index contributed by atoms with van der Waals surface area (Å²) in [5.41, 5.74) is 1.82. The Kier molecular flexibility index (Phi) is 6.13. The number of piperidine rings is 1. The number of aromatic nitrogens is 2. The first-order valence-corrected chi connectivity index (χ1v) is 10.5. The molecule has 3 heterocycles. The largest absolute Gasteiger partial charge is 0.368 e. The summed E-state index contributed by atoms with van der Waals surface area (Å²) in [6.45, 7) is 2.11. The number of hydrogen-bond acceptors (Lipinski definition) is 4. The number of nitrogens with zero attached hydrogens (tertiary/aromatic N) is 3. The molecule has 8 heteroatoms. The van der Waals surface area contributed by atoms with Crippen molar-refractivity contribution in [1.29, 1.82) is 0 Å². The minimum absolute atomic E-state index is 0.114. The van der Waals surface area contributed by atoms with Crippen molar-refractivity contribution in [3.8, 4) is 0 Å². The third-order valence-electron chi connectivity index (χ3n) is 5.87. The monoisotopic (exact) mass is 414 g/mol. The van der Waals surface area contributed by atoms with Gasteiger partial charge in [-0.3, -0.25) is 14.3 Å². The van der Waals surface area contributed by atoms with Gasteiger partial charge >= 0.3 is 0 Å². The Morgan fingerprint density at radius 1 is 1.20 bits per heavy atom. The summed E-state index contributed by atoms with van der Waals surface area (Å²) in [5, 5.41) is 7.30. The molecule has 0 radical (unpaired) electrons. The molecule has 1 aromatic carbocycles. The number of benzene rings is 1. The summed E-state index contributed by atoms with van der Waals surface area (Å²) in [7, 11) is 1.79. The molecule has 0 spiro atoms. The van der Waals surface area contributed by atoms with Crippen molar-refractivity contribution in [2.24, 2.45) is 13.0 Å². The Bertz CT molecular complexity index is 898. The fourth-order valence-electron chi connectivity index (χ4n) is 4.21. The lowest BCUT2D eigenvalue weighted by atomic mass is 9.91. The smallest absolute Gasteiger partial charge is 0.259 e. The van der Waals surface area contributed by atoms with E-state index in [9.17, 15) is 14.0 Å². The SMILES string of the molecule is Cn1cc(C(=O)Nc2ccc(F)cc2)c(CC2CCN(C(=O)[C@H]3CCCO3)CC2)n1. The van der Waals surface area contributed by atoms with Gasteiger partial charge in [0.1, 0.15) is 11.9 Å². The molecule has 160 valence electrons. The summed E-state index contributed by atoms with van der Waals surface area (Å²) >= 11 is 0. The van der Waals surface area contributed by atoms with E-state index < -0.39 is 0 Å². The molecule has 0 bridgehead atoms. The fraction of sp³-hybridized carbons (Fsp3) is 0.500. The van der Waals surface area contributed by atoms with Crippen molar-refractivity contribution in [3.05, 3.63) is 47.5 Å². The second-order valence-electron chi connectivity index (χ2n) is 8.10. The number of carbonyl (C=O) groups is 2. The van der Waals surface area contributed by atoms with Gasteiger partial charge in [-0.1, -0.05) is 0 Å². The number of anilines is 1. The van der Waals surface area contributed by atoms with E-state index in [1.54, 1.807) is 17.9 Å². The normalized spacial score (nSPS) is 19.8. The van der Waals surface area contributed by atoms with Crippen LogP contribution in [0.25, 0.3) is 0 Å². The number of rotatable bonds is 5. The molecule has 2 fully saturated rings. The first-order valence-electron chi connectivity index (χ1n) is 10.5. The van der Waals surface area contributed by atoms with Crippen LogP contribution in [0.1, 0.15) is 41.7 Å². The van der Waals surface area contributed by atoms with Gasteiger partial charge in [0.25, 0.3) is 11.8 Å². The molecule has 4 rings (SSSR count). The third-order valence-corrected chi connectivity index (χ3v) is 5.87. The summed E-state index contributed by atoms with van der Waals surface area (Å²) in [6.07, 6.45) is 5.68. The van der Waals surface area contributed by atoms with Gasteiger partial charge in [-0.05, 0) is 62.3 Å². The van der Waals surface area contributed by atoms with E-state index in [1.165, 1.54) is 24.3 Å². The van der Waals surface area contributed by atoms with E-state index in [0.29, 0.717) is 43.3 Å². The lowest BCUT2D eigenvalue weighted by Crippen LogP contribution is -2.44. The first-order chi connectivity index (χ1) is 14.5. The number of hydrogen-bond donors (Lipinski definition) is 1. The molecule has 0 saturated carbocycles. The van der Waals surface area contributed by atoms with Crippen LogP contribution in [0.5, 0.6) is 0 Å². The Hall–Kier alpha value is -2.74. The van der Waals surface area contributed by atoms with E-state index in [1.807, 2.05) is 4.90 Å². The van der Waals surface area contributed by atoms with Gasteiger partial charge < -0.3 is 15.0 Å². The van der Waals surface area contributed by atoms with E-state index >= 15 is 0 Å². The highest BCUT2D eigenvalue weighted by molar-refractivity contribution is 6.04. The van der Waals surface area contributed by atoms with Crippen LogP contribution in [0.15, 0.2) is 30.5 Å². The van der Waals surface area contributed by atoms with Crippen LogP contribution in [0, 0.1) is 11.7 Å². The minimum atomic E-state index is -0.348. The summed E-state index contributed by atoms with van der Waals surface area (Å²) in [5.74, 6) is -0.121. The van der Waals surface area contributed by atoms with Gasteiger partial charge in [-0.15, -0.1) is 0 Å². The zero-order valence-corrected chi connectivity index (χ0v) is 17.1. The average molecular weight is 414 g/mol. The van der Waals surface area contributed by atoms with Crippen LogP contribution in [-0.4, -0.2) is 52.3 Å². The molecule has 1 aromatic heterocycles. The Balaban J connectivity index is 1.35. The number of aryl methyl sites for hydroxylation is 1. The number of ether oxygens (including phenoxy) is 1. The third kappa shape index (κ3) is 4.70. The average Bonchev–Trinajstić information content (AvgIpc) is 3.40. The van der Waals surface area contributed by atoms with Crippen molar-refractivity contribution in [2.45, 2.75) is 38.2 Å². The molecule has 1 atom stereocenters. The summed E-state index contributed by atoms with van der Waals surface area (Å²) < 4.78 is 20.2. The van der Waals surface area contributed by atoms with E-state index in [-0.39, 0.29) is 23.7 Å². The van der Waals surface area contributed by atoms with Gasteiger partial charge in [-0.25, -0.2) is 4.39 Å². The zero-order chi connectivity index (χ0) is 21.1. The van der Waals surface area contributed by atoms with Crippen LogP contribution in [0.4, 0.5) is 10.1 Å². The Labute approximate surface area is 175 Å². The summed E-state index contributed by atoms with van der Waals surface area (Å²) in [4.78, 5) is 27.2. The van der Waals surface area contributed by atoms with Gasteiger partial charge in [-0.2, -0.15) is 5.10 Å². The van der Waals surface area contributed by atoms with Crippen LogP contribution in [-0.2, 0) is 23.0 Å². The molecule has 0 unspecified atom stereocenters. The first kappa shape index (κ1) is 20.5. The van der Waals surface area contributed by atoms with Crippen LogP contribution in [0.2, 0.25) is 0 Å². The molecular formula is C22H27FN4O3. The number of halogens is 1. The van der Waals surface area contributed by atoms with E-state index in [2.05, 4.69) is 10.4 Å². The van der Waals surface area contributed by atoms with E-state index in [0.717, 1.165) is 31.4 Å². The second kappa shape index (κ2) is 8.95. The van der Waals surface area contributed by atoms with E-state index in [4.69, 9.17) is 4.74 Å². The molecule has 30 heavy (non-hydrogen) atoms. The van der Waals surface area contributed by atoms with Crippen molar-refractivity contribution in [3.63, 3.8) is 0 Å². The van der Waals surface area contributed by atoms with Crippen LogP contribution < -0.4 is 5.32 Å². The molecule has 2 aliphatic rings. The van der Waals surface area contributed by atoms with Gasteiger partial charge in [0.15, 0.2) is 0 Å². The predicted octanol–water partition coefficient (Wildman–Crippen LogP) is 2.77. The second-order valence-corrected chi connectivity index (χ2v) is 8.10. The molecule has 2 amide bonds. The molecule has 2 aliphatic heterocycles. The van der Waals surface area contributed by atoms with Crippen LogP contribution in [0.3, 0.4) is 0 Å². The highest BCUT2D eigenvalue weighted by Gasteiger charge is 2.31. The minimum Gasteiger partial charge on any atom is -0.368 e. The molecule has 2 saturated heterocycles. The number of amides is 2. The standard InChI is InChI=1S/C22H27FN4O3/c1-26-14-18(21(28)24-17-6-4-16(23)5-7-17)19(25-26)13-15-8-10-27(11-9-15)22(29)20-3-2-12-30-20/h4-7,14-15,20H,2-3,8-13H2,1H3,(H,24,28)/t20-/m1/s1. The lowest BCUT2D eigenvalue weighted by Gasteiger charge is -2.33. The highest BCUT2D eigenvalue weighted by Crippen LogP contribution is 2.25. The van der Waals surface area contributed by atoms with Crippen LogP contribution >= 0.6 is 0 Å². The van der Waals surface area contributed by atoms with Crippen molar-refractivity contribution >= 4 is 17.5 Å². The molecule has 7 nitrogen and oxygen atoms in total. The molecule has 0 aliphatic carbocycles. The quantitative estimate of drug-likeness (QED) is 0.816. The highest BCUT2D eigenvalue weighted by atomic mass is 19.1. The molecule has 1 N–H and O–H groups in total. The van der Waals surface area contributed by atoms with Gasteiger partial charge in [0.2, 0.25) is 0 Å². The molecule has 2 aromatic rings. The maximum absolute atomic E-state index is 13.1. The Morgan fingerprint density at radius 2 is 1.93 bits per heavy atom. The topological polar surface area (TPSA) is 76.5 Å². The zero-order valence-electron chi connectivity index (χ0n) is 17.1. The summed E-state index contributed by atoms with van der Waals surface area (Å²) in [6, 6.07) is 5.69. The maximum Gasteiger partial charge on any atom is 0.259 e. The van der Waals surface area contributed by atoms with Crippen molar-refractivity contribution < 1.29 is 18.7 Å². The van der Waals surface area contributed by atoms with Gasteiger partial charge in [0.05, 0.1) is 11.3 Å².